The van der Waals surface area contributed by atoms with Crippen LogP contribution in [0, 0.1) is 5.82 Å². The van der Waals surface area contributed by atoms with Gasteiger partial charge in [0.15, 0.2) is 5.13 Å². The first-order valence-electron chi connectivity index (χ1n) is 10.9. The minimum absolute atomic E-state index is 0.0905. The topological polar surface area (TPSA) is 78.7 Å². The number of imidazole rings is 1. The molecule has 11 heteroatoms. The van der Waals surface area contributed by atoms with Crippen LogP contribution in [-0.2, 0) is 4.79 Å². The fourth-order valence-electron chi connectivity index (χ4n) is 3.92. The SMILES string of the molecule is CCN1CCCN(CC(=O)Nc2nc3cc(F)c(Sc4cnc5ncccn45)cc3s2)CC1. The molecule has 0 aliphatic carbocycles. The van der Waals surface area contributed by atoms with Gasteiger partial charge >= 0.3 is 0 Å². The number of aromatic nitrogens is 4. The minimum atomic E-state index is -0.362. The molecule has 0 spiro atoms. The van der Waals surface area contributed by atoms with Gasteiger partial charge in [-0.1, -0.05) is 30.0 Å². The number of likely N-dealkylation sites (N-methyl/N-ethyl adjacent to an activating group) is 1. The first-order chi connectivity index (χ1) is 16.1. The van der Waals surface area contributed by atoms with Crippen LogP contribution in [0.15, 0.2) is 46.7 Å². The summed E-state index contributed by atoms with van der Waals surface area (Å²) in [6, 6.07) is 4.99. The Balaban J connectivity index is 1.28. The predicted octanol–water partition coefficient (Wildman–Crippen LogP) is 3.60. The second kappa shape index (κ2) is 9.72. The maximum absolute atomic E-state index is 14.8. The van der Waals surface area contributed by atoms with Crippen molar-refractivity contribution in [3.05, 3.63) is 42.6 Å². The highest BCUT2D eigenvalue weighted by Gasteiger charge is 2.18. The van der Waals surface area contributed by atoms with Crippen LogP contribution in [0.1, 0.15) is 13.3 Å². The van der Waals surface area contributed by atoms with E-state index in [1.165, 1.54) is 29.2 Å². The van der Waals surface area contributed by atoms with Gasteiger partial charge in [0.05, 0.1) is 27.9 Å². The average molecular weight is 486 g/mol. The van der Waals surface area contributed by atoms with Gasteiger partial charge in [0, 0.05) is 31.5 Å². The zero-order valence-corrected chi connectivity index (χ0v) is 19.8. The van der Waals surface area contributed by atoms with Crippen molar-refractivity contribution in [1.82, 2.24) is 29.2 Å². The molecule has 0 saturated carbocycles. The summed E-state index contributed by atoms with van der Waals surface area (Å²) in [5, 5.41) is 4.15. The smallest absolute Gasteiger partial charge is 0.240 e. The summed E-state index contributed by atoms with van der Waals surface area (Å²) >= 11 is 2.63. The van der Waals surface area contributed by atoms with Crippen molar-refractivity contribution in [2.24, 2.45) is 0 Å². The monoisotopic (exact) mass is 485 g/mol. The van der Waals surface area contributed by atoms with Gasteiger partial charge in [-0.05, 0) is 38.2 Å². The molecule has 1 aliphatic heterocycles. The molecule has 1 fully saturated rings. The predicted molar refractivity (Wildman–Crippen MR) is 128 cm³/mol. The minimum Gasteiger partial charge on any atom is -0.302 e. The molecule has 0 bridgehead atoms. The summed E-state index contributed by atoms with van der Waals surface area (Å²) in [4.78, 5) is 30.5. The Labute approximate surface area is 198 Å². The molecule has 33 heavy (non-hydrogen) atoms. The van der Waals surface area contributed by atoms with Gasteiger partial charge in [-0.15, -0.1) is 0 Å². The van der Waals surface area contributed by atoms with Crippen molar-refractivity contribution in [2.75, 3.05) is 44.6 Å². The number of fused-ring (bicyclic) bond motifs is 2. The Hall–Kier alpha value is -2.60. The standard InChI is InChI=1S/C22H24FN7OS2/c1-2-28-6-4-7-29(10-9-28)14-19(31)27-22-26-16-11-15(23)17(12-18(16)33-22)32-20-13-25-21-24-5-3-8-30(20)21/h3,5,8,11-13H,2,4,6-7,9-10,14H2,1H3,(H,26,27,31). The Morgan fingerprint density at radius 2 is 2.06 bits per heavy atom. The van der Waals surface area contributed by atoms with Gasteiger partial charge < -0.3 is 10.2 Å². The number of nitrogens with one attached hydrogen (secondary N) is 1. The van der Waals surface area contributed by atoms with E-state index in [4.69, 9.17) is 0 Å². The number of anilines is 1. The van der Waals surface area contributed by atoms with E-state index in [0.717, 1.165) is 48.9 Å². The quantitative estimate of drug-likeness (QED) is 0.447. The number of benzene rings is 1. The number of hydrogen-bond acceptors (Lipinski definition) is 8. The number of nitrogens with zero attached hydrogens (tertiary/aromatic N) is 6. The maximum Gasteiger partial charge on any atom is 0.240 e. The number of halogens is 1. The molecule has 0 radical (unpaired) electrons. The molecule has 1 aliphatic rings. The number of carbonyl (C=O) groups is 1. The summed E-state index contributed by atoms with van der Waals surface area (Å²) < 4.78 is 17.4. The Kier molecular flexibility index (Phi) is 6.54. The molecular formula is C22H24FN7OS2. The van der Waals surface area contributed by atoms with Crippen LogP contribution in [0.2, 0.25) is 0 Å². The number of rotatable bonds is 6. The molecule has 172 valence electrons. The van der Waals surface area contributed by atoms with Crippen molar-refractivity contribution >= 4 is 50.1 Å². The maximum atomic E-state index is 14.8. The molecular weight excluding hydrogens is 461 g/mol. The van der Waals surface area contributed by atoms with E-state index in [0.29, 0.717) is 27.9 Å². The highest BCUT2D eigenvalue weighted by molar-refractivity contribution is 7.99. The van der Waals surface area contributed by atoms with E-state index in [9.17, 15) is 9.18 Å². The summed E-state index contributed by atoms with van der Waals surface area (Å²) in [7, 11) is 0. The molecule has 0 unspecified atom stereocenters. The Morgan fingerprint density at radius 3 is 2.94 bits per heavy atom. The molecule has 1 N–H and O–H groups in total. The van der Waals surface area contributed by atoms with Crippen LogP contribution in [0.25, 0.3) is 16.0 Å². The average Bonchev–Trinajstić information content (AvgIpc) is 3.30. The van der Waals surface area contributed by atoms with Crippen molar-refractivity contribution in [3.8, 4) is 0 Å². The van der Waals surface area contributed by atoms with Crippen LogP contribution in [0.3, 0.4) is 0 Å². The Morgan fingerprint density at radius 1 is 1.21 bits per heavy atom. The van der Waals surface area contributed by atoms with E-state index >= 15 is 0 Å². The molecule has 4 heterocycles. The molecule has 8 nitrogen and oxygen atoms in total. The molecule has 1 saturated heterocycles. The molecule has 1 amide bonds. The van der Waals surface area contributed by atoms with Crippen LogP contribution in [-0.4, -0.2) is 74.3 Å². The zero-order valence-electron chi connectivity index (χ0n) is 18.2. The number of thiazole rings is 1. The van der Waals surface area contributed by atoms with Crippen molar-refractivity contribution in [3.63, 3.8) is 0 Å². The molecule has 4 aromatic rings. The summed E-state index contributed by atoms with van der Waals surface area (Å²) in [5.41, 5.74) is 0.533. The summed E-state index contributed by atoms with van der Waals surface area (Å²) in [5.74, 6) is 0.114. The van der Waals surface area contributed by atoms with Crippen molar-refractivity contribution < 1.29 is 9.18 Å². The van der Waals surface area contributed by atoms with Crippen molar-refractivity contribution in [1.29, 1.82) is 0 Å². The van der Waals surface area contributed by atoms with Gasteiger partial charge in [0.25, 0.3) is 0 Å². The number of amides is 1. The lowest BCUT2D eigenvalue weighted by atomic mass is 10.3. The lowest BCUT2D eigenvalue weighted by Crippen LogP contribution is -2.36. The summed E-state index contributed by atoms with van der Waals surface area (Å²) in [6.45, 7) is 7.39. The van der Waals surface area contributed by atoms with Gasteiger partial charge in [0.1, 0.15) is 10.8 Å². The number of hydrogen-bond donors (Lipinski definition) is 1. The molecule has 1 aromatic carbocycles. The molecule has 0 atom stereocenters. The second-order valence-electron chi connectivity index (χ2n) is 7.87. The first-order valence-corrected chi connectivity index (χ1v) is 12.5. The van der Waals surface area contributed by atoms with E-state index in [1.54, 1.807) is 18.5 Å². The summed E-state index contributed by atoms with van der Waals surface area (Å²) in [6.07, 6.45) is 6.25. The van der Waals surface area contributed by atoms with Gasteiger partial charge in [-0.3, -0.25) is 14.1 Å². The Bertz CT molecular complexity index is 1290. The van der Waals surface area contributed by atoms with Crippen LogP contribution >= 0.6 is 23.1 Å². The third kappa shape index (κ3) is 5.01. The first kappa shape index (κ1) is 22.2. The lowest BCUT2D eigenvalue weighted by Gasteiger charge is -2.19. The van der Waals surface area contributed by atoms with E-state index < -0.39 is 0 Å². The van der Waals surface area contributed by atoms with Crippen LogP contribution in [0.4, 0.5) is 9.52 Å². The van der Waals surface area contributed by atoms with Gasteiger partial charge in [0.2, 0.25) is 11.7 Å². The normalized spacial score (nSPS) is 15.8. The van der Waals surface area contributed by atoms with Crippen LogP contribution in [0.5, 0.6) is 0 Å². The molecule has 3 aromatic heterocycles. The van der Waals surface area contributed by atoms with Gasteiger partial charge in [-0.2, -0.15) is 0 Å². The third-order valence-electron chi connectivity index (χ3n) is 5.65. The van der Waals surface area contributed by atoms with E-state index in [1.807, 2.05) is 16.7 Å². The second-order valence-corrected chi connectivity index (χ2v) is 9.96. The lowest BCUT2D eigenvalue weighted by molar-refractivity contribution is -0.117. The fraction of sp³-hybridized carbons (Fsp3) is 0.364. The highest BCUT2D eigenvalue weighted by Crippen LogP contribution is 2.35. The van der Waals surface area contributed by atoms with Crippen molar-refractivity contribution in [2.45, 2.75) is 23.3 Å². The van der Waals surface area contributed by atoms with E-state index in [2.05, 4.69) is 37.0 Å². The fourth-order valence-corrected chi connectivity index (χ4v) is 5.80. The van der Waals surface area contributed by atoms with Gasteiger partial charge in [-0.25, -0.2) is 19.3 Å². The van der Waals surface area contributed by atoms with Crippen LogP contribution < -0.4 is 5.32 Å². The largest absolute Gasteiger partial charge is 0.302 e. The van der Waals surface area contributed by atoms with E-state index in [-0.39, 0.29) is 11.7 Å². The third-order valence-corrected chi connectivity index (χ3v) is 7.63. The zero-order chi connectivity index (χ0) is 22.8. The highest BCUT2D eigenvalue weighted by atomic mass is 32.2. The molecule has 5 rings (SSSR count). The number of carbonyl (C=O) groups excluding carboxylic acids is 1.